The molecule has 0 rings (SSSR count). The summed E-state index contributed by atoms with van der Waals surface area (Å²) in [5.41, 5.74) is 0. The van der Waals surface area contributed by atoms with Crippen molar-refractivity contribution in [2.24, 2.45) is 0 Å². The van der Waals surface area contributed by atoms with E-state index in [1.807, 2.05) is 0 Å². The van der Waals surface area contributed by atoms with Gasteiger partial charge in [0, 0.05) is 0 Å². The van der Waals surface area contributed by atoms with Crippen molar-refractivity contribution in [3.8, 4) is 0 Å². The van der Waals surface area contributed by atoms with Gasteiger partial charge in [0.15, 0.2) is 6.10 Å². The van der Waals surface area contributed by atoms with E-state index in [0.717, 1.165) is 19.3 Å². The van der Waals surface area contributed by atoms with Gasteiger partial charge >= 0.3 is 5.97 Å². The second kappa shape index (κ2) is 9.48. The van der Waals surface area contributed by atoms with E-state index in [9.17, 15) is 4.79 Å². The summed E-state index contributed by atoms with van der Waals surface area (Å²) in [6.07, 6.45) is 4.59. The standard InChI is InChI=1S/C9H18O3.H3N/c1-2-3-4-5-6-7-8(10)9(11)12;/h8,10H,2-7H2,1H3,(H,11,12);1H3. The van der Waals surface area contributed by atoms with E-state index >= 15 is 0 Å². The van der Waals surface area contributed by atoms with Crippen LogP contribution in [0, 0.1) is 0 Å². The van der Waals surface area contributed by atoms with Crippen molar-refractivity contribution in [1.29, 1.82) is 0 Å². The van der Waals surface area contributed by atoms with Gasteiger partial charge in [0.25, 0.3) is 0 Å². The molecule has 0 radical (unpaired) electrons. The number of unbranched alkanes of at least 4 members (excludes halogenated alkanes) is 4. The third-order valence-corrected chi connectivity index (χ3v) is 1.87. The Kier molecular flexibility index (Phi) is 10.9. The van der Waals surface area contributed by atoms with Gasteiger partial charge in [-0.2, -0.15) is 0 Å². The summed E-state index contributed by atoms with van der Waals surface area (Å²) in [5.74, 6) is -1.11. The Hall–Kier alpha value is -0.610. The fourth-order valence-electron chi connectivity index (χ4n) is 1.06. The van der Waals surface area contributed by atoms with E-state index in [2.05, 4.69) is 6.92 Å². The number of aliphatic hydroxyl groups excluding tert-OH is 1. The Balaban J connectivity index is 0. The van der Waals surface area contributed by atoms with Crippen molar-refractivity contribution >= 4 is 5.97 Å². The topological polar surface area (TPSA) is 92.5 Å². The monoisotopic (exact) mass is 191 g/mol. The summed E-state index contributed by atoms with van der Waals surface area (Å²) in [7, 11) is 0. The number of hydrogen-bond donors (Lipinski definition) is 3. The maximum absolute atomic E-state index is 10.2. The van der Waals surface area contributed by atoms with Crippen LogP contribution >= 0.6 is 0 Å². The van der Waals surface area contributed by atoms with Gasteiger partial charge < -0.3 is 16.4 Å². The first-order chi connectivity index (χ1) is 5.68. The van der Waals surface area contributed by atoms with Gasteiger partial charge in [-0.15, -0.1) is 0 Å². The van der Waals surface area contributed by atoms with Crippen LogP contribution in [-0.2, 0) is 4.79 Å². The van der Waals surface area contributed by atoms with Crippen LogP contribution in [0.15, 0.2) is 0 Å². The van der Waals surface area contributed by atoms with Crippen LogP contribution in [0.3, 0.4) is 0 Å². The third-order valence-electron chi connectivity index (χ3n) is 1.87. The summed E-state index contributed by atoms with van der Waals surface area (Å²) >= 11 is 0. The molecule has 0 heterocycles. The largest absolute Gasteiger partial charge is 0.479 e. The van der Waals surface area contributed by atoms with Crippen molar-refractivity contribution < 1.29 is 15.0 Å². The highest BCUT2D eigenvalue weighted by Gasteiger charge is 2.11. The summed E-state index contributed by atoms with van der Waals surface area (Å²) in [6.45, 7) is 2.13. The average molecular weight is 191 g/mol. The molecular formula is C9H21NO3. The summed E-state index contributed by atoms with van der Waals surface area (Å²) in [6, 6.07) is 0. The average Bonchev–Trinajstić information content (AvgIpc) is 2.03. The molecule has 80 valence electrons. The Labute approximate surface area is 79.5 Å². The quantitative estimate of drug-likeness (QED) is 0.536. The first kappa shape index (κ1) is 14.9. The number of hydrogen-bond acceptors (Lipinski definition) is 3. The zero-order valence-corrected chi connectivity index (χ0v) is 8.33. The predicted octanol–water partition coefficient (Wildman–Crippen LogP) is 1.95. The summed E-state index contributed by atoms with van der Waals surface area (Å²) < 4.78 is 0. The predicted molar refractivity (Wildman–Crippen MR) is 52.0 cm³/mol. The van der Waals surface area contributed by atoms with Crippen molar-refractivity contribution in [1.82, 2.24) is 6.15 Å². The summed E-state index contributed by atoms with van der Waals surface area (Å²) in [4.78, 5) is 10.2. The molecule has 0 aromatic rings. The number of aliphatic carboxylic acids is 1. The van der Waals surface area contributed by atoms with Crippen LogP contribution in [0.1, 0.15) is 45.4 Å². The Bertz CT molecular complexity index is 128. The van der Waals surface area contributed by atoms with Crippen LogP contribution < -0.4 is 6.15 Å². The first-order valence-corrected chi connectivity index (χ1v) is 4.59. The number of aliphatic hydroxyl groups is 1. The zero-order chi connectivity index (χ0) is 9.40. The van der Waals surface area contributed by atoms with Gasteiger partial charge in [-0.25, -0.2) is 4.79 Å². The normalized spacial score (nSPS) is 11.8. The van der Waals surface area contributed by atoms with Crippen LogP contribution in [-0.4, -0.2) is 22.3 Å². The Morgan fingerprint density at radius 1 is 1.23 bits per heavy atom. The third kappa shape index (κ3) is 9.30. The van der Waals surface area contributed by atoms with Crippen molar-refractivity contribution in [3.63, 3.8) is 0 Å². The molecular weight excluding hydrogens is 170 g/mol. The van der Waals surface area contributed by atoms with Gasteiger partial charge in [-0.3, -0.25) is 0 Å². The Morgan fingerprint density at radius 3 is 2.23 bits per heavy atom. The van der Waals surface area contributed by atoms with E-state index < -0.39 is 12.1 Å². The zero-order valence-electron chi connectivity index (χ0n) is 8.33. The fourth-order valence-corrected chi connectivity index (χ4v) is 1.06. The van der Waals surface area contributed by atoms with E-state index in [1.54, 1.807) is 0 Å². The molecule has 13 heavy (non-hydrogen) atoms. The van der Waals surface area contributed by atoms with Crippen LogP contribution in [0.25, 0.3) is 0 Å². The molecule has 5 N–H and O–H groups in total. The van der Waals surface area contributed by atoms with Crippen molar-refractivity contribution in [3.05, 3.63) is 0 Å². The van der Waals surface area contributed by atoms with Crippen LogP contribution in [0.5, 0.6) is 0 Å². The van der Waals surface area contributed by atoms with E-state index in [0.29, 0.717) is 6.42 Å². The molecule has 0 aliphatic rings. The van der Waals surface area contributed by atoms with E-state index in [-0.39, 0.29) is 6.15 Å². The molecule has 0 aliphatic carbocycles. The molecule has 0 saturated heterocycles. The first-order valence-electron chi connectivity index (χ1n) is 4.59. The van der Waals surface area contributed by atoms with Crippen LogP contribution in [0.2, 0.25) is 0 Å². The SMILES string of the molecule is CCCCCCCC(O)C(=O)O.N. The van der Waals surface area contributed by atoms with Gasteiger partial charge in [-0.05, 0) is 6.42 Å². The number of carboxylic acids is 1. The lowest BCUT2D eigenvalue weighted by Crippen LogP contribution is -2.18. The fraction of sp³-hybridized carbons (Fsp3) is 0.889. The minimum atomic E-state index is -1.16. The summed E-state index contributed by atoms with van der Waals surface area (Å²) in [5, 5.41) is 17.2. The molecule has 4 nitrogen and oxygen atoms in total. The maximum atomic E-state index is 10.2. The second-order valence-corrected chi connectivity index (χ2v) is 3.06. The van der Waals surface area contributed by atoms with Gasteiger partial charge in [0.1, 0.15) is 0 Å². The number of rotatable bonds is 7. The molecule has 1 atom stereocenters. The highest BCUT2D eigenvalue weighted by molar-refractivity contribution is 5.71. The van der Waals surface area contributed by atoms with E-state index in [4.69, 9.17) is 10.2 Å². The molecule has 0 aromatic carbocycles. The molecule has 0 fully saturated rings. The number of carbonyl (C=O) groups is 1. The highest BCUT2D eigenvalue weighted by atomic mass is 16.4. The lowest BCUT2D eigenvalue weighted by Gasteiger charge is -2.03. The Morgan fingerprint density at radius 2 is 1.77 bits per heavy atom. The minimum absolute atomic E-state index is 0. The maximum Gasteiger partial charge on any atom is 0.332 e. The smallest absolute Gasteiger partial charge is 0.332 e. The molecule has 0 aromatic heterocycles. The van der Waals surface area contributed by atoms with Gasteiger partial charge in [0.2, 0.25) is 0 Å². The molecule has 1 unspecified atom stereocenters. The molecule has 4 heteroatoms. The van der Waals surface area contributed by atoms with Crippen LogP contribution in [0.4, 0.5) is 0 Å². The molecule has 0 amide bonds. The van der Waals surface area contributed by atoms with Crippen molar-refractivity contribution in [2.75, 3.05) is 0 Å². The lowest BCUT2D eigenvalue weighted by molar-refractivity contribution is -0.146. The molecule has 0 aliphatic heterocycles. The van der Waals surface area contributed by atoms with Gasteiger partial charge in [0.05, 0.1) is 0 Å². The molecule has 0 bridgehead atoms. The molecule has 0 spiro atoms. The van der Waals surface area contributed by atoms with Gasteiger partial charge in [-0.1, -0.05) is 39.0 Å². The lowest BCUT2D eigenvalue weighted by atomic mass is 10.1. The highest BCUT2D eigenvalue weighted by Crippen LogP contribution is 2.06. The minimum Gasteiger partial charge on any atom is -0.479 e. The molecule has 0 saturated carbocycles. The van der Waals surface area contributed by atoms with Crippen molar-refractivity contribution in [2.45, 2.75) is 51.6 Å². The number of carboxylic acid groups (broad SMARTS) is 1. The second-order valence-electron chi connectivity index (χ2n) is 3.06. The van der Waals surface area contributed by atoms with E-state index in [1.165, 1.54) is 12.8 Å².